The van der Waals surface area contributed by atoms with E-state index in [-0.39, 0.29) is 5.97 Å². The molecule has 0 atom stereocenters. The van der Waals surface area contributed by atoms with Gasteiger partial charge in [0.15, 0.2) is 0 Å². The molecule has 0 aromatic heterocycles. The molecule has 0 unspecified atom stereocenters. The number of carbonyl (C=O) groups is 1. The van der Waals surface area contributed by atoms with Crippen molar-refractivity contribution in [3.05, 3.63) is 29.8 Å². The fourth-order valence-electron chi connectivity index (χ4n) is 1.31. The van der Waals surface area contributed by atoms with Crippen LogP contribution in [0, 0.1) is 0 Å². The van der Waals surface area contributed by atoms with Crippen LogP contribution in [0.1, 0.15) is 37.6 Å². The smallest absolute Gasteiger partial charge is 0.338 e. The summed E-state index contributed by atoms with van der Waals surface area (Å²) in [5.41, 5.74) is 1.62. The van der Waals surface area contributed by atoms with Crippen molar-refractivity contribution >= 4 is 11.7 Å². The number of rotatable bonds is 5. The number of hydrogen-bond acceptors (Lipinski definition) is 3. The van der Waals surface area contributed by atoms with E-state index >= 15 is 0 Å². The van der Waals surface area contributed by atoms with E-state index in [1.165, 1.54) is 0 Å². The molecule has 1 aromatic carbocycles. The Balaban J connectivity index is 2.60. The molecule has 16 heavy (non-hydrogen) atoms. The first-order valence-corrected chi connectivity index (χ1v) is 5.67. The summed E-state index contributed by atoms with van der Waals surface area (Å²) in [6.07, 6.45) is 0.846. The highest BCUT2D eigenvalue weighted by molar-refractivity contribution is 5.89. The highest BCUT2D eigenvalue weighted by atomic mass is 16.5. The molecule has 0 aliphatic heterocycles. The Bertz CT molecular complexity index is 330. The summed E-state index contributed by atoms with van der Waals surface area (Å²) in [6.45, 7) is 6.60. The molecule has 3 nitrogen and oxygen atoms in total. The van der Waals surface area contributed by atoms with Crippen LogP contribution in [0.5, 0.6) is 0 Å². The molecule has 88 valence electrons. The van der Waals surface area contributed by atoms with E-state index in [4.69, 9.17) is 4.74 Å². The number of anilines is 1. The Hall–Kier alpha value is -1.51. The van der Waals surface area contributed by atoms with Gasteiger partial charge < -0.3 is 10.1 Å². The SMILES string of the molecule is CCCOC(=O)c1ccc(NC(C)C)cc1. The predicted octanol–water partition coefficient (Wildman–Crippen LogP) is 3.07. The van der Waals surface area contributed by atoms with Gasteiger partial charge in [0.1, 0.15) is 0 Å². The molecule has 1 rings (SSSR count). The van der Waals surface area contributed by atoms with E-state index in [1.807, 2.05) is 19.1 Å². The Kier molecular flexibility index (Phi) is 4.83. The quantitative estimate of drug-likeness (QED) is 0.776. The number of carbonyl (C=O) groups excluding carboxylic acids is 1. The van der Waals surface area contributed by atoms with E-state index in [0.717, 1.165) is 12.1 Å². The van der Waals surface area contributed by atoms with Gasteiger partial charge in [0.25, 0.3) is 0 Å². The summed E-state index contributed by atoms with van der Waals surface area (Å²) in [7, 11) is 0. The average molecular weight is 221 g/mol. The lowest BCUT2D eigenvalue weighted by atomic mass is 10.2. The Morgan fingerprint density at radius 3 is 2.44 bits per heavy atom. The third kappa shape index (κ3) is 3.93. The van der Waals surface area contributed by atoms with Crippen LogP contribution >= 0.6 is 0 Å². The third-order valence-electron chi connectivity index (χ3n) is 2.01. The number of nitrogens with one attached hydrogen (secondary N) is 1. The zero-order valence-corrected chi connectivity index (χ0v) is 10.1. The minimum absolute atomic E-state index is 0.252. The van der Waals surface area contributed by atoms with Gasteiger partial charge in [0.2, 0.25) is 0 Å². The lowest BCUT2D eigenvalue weighted by molar-refractivity contribution is 0.0505. The second-order valence-corrected chi connectivity index (χ2v) is 4.01. The normalized spacial score (nSPS) is 10.2. The zero-order valence-electron chi connectivity index (χ0n) is 10.1. The molecule has 1 N–H and O–H groups in total. The van der Waals surface area contributed by atoms with Crippen LogP contribution in [0.25, 0.3) is 0 Å². The molecule has 0 saturated carbocycles. The maximum absolute atomic E-state index is 11.5. The van der Waals surface area contributed by atoms with E-state index in [9.17, 15) is 4.79 Å². The van der Waals surface area contributed by atoms with Crippen LogP contribution in [-0.2, 0) is 4.74 Å². The monoisotopic (exact) mass is 221 g/mol. The largest absolute Gasteiger partial charge is 0.462 e. The first kappa shape index (κ1) is 12.6. The van der Waals surface area contributed by atoms with Gasteiger partial charge >= 0.3 is 5.97 Å². The van der Waals surface area contributed by atoms with Gasteiger partial charge in [-0.15, -0.1) is 0 Å². The molecule has 0 amide bonds. The summed E-state index contributed by atoms with van der Waals surface area (Å²) in [6, 6.07) is 7.73. The first-order valence-electron chi connectivity index (χ1n) is 5.67. The van der Waals surface area contributed by atoms with Crippen molar-refractivity contribution in [1.29, 1.82) is 0 Å². The van der Waals surface area contributed by atoms with E-state index < -0.39 is 0 Å². The molecule has 0 radical (unpaired) electrons. The van der Waals surface area contributed by atoms with E-state index in [1.54, 1.807) is 12.1 Å². The van der Waals surface area contributed by atoms with Gasteiger partial charge in [-0.3, -0.25) is 0 Å². The highest BCUT2D eigenvalue weighted by Gasteiger charge is 2.06. The third-order valence-corrected chi connectivity index (χ3v) is 2.01. The number of benzene rings is 1. The Morgan fingerprint density at radius 1 is 1.31 bits per heavy atom. The van der Waals surface area contributed by atoms with Crippen molar-refractivity contribution in [3.63, 3.8) is 0 Å². The molecule has 0 aliphatic carbocycles. The molecular weight excluding hydrogens is 202 g/mol. The fraction of sp³-hybridized carbons (Fsp3) is 0.462. The molecule has 0 aliphatic rings. The molecule has 0 spiro atoms. The molecule has 3 heteroatoms. The number of ether oxygens (including phenoxy) is 1. The molecule has 0 heterocycles. The van der Waals surface area contributed by atoms with Crippen molar-refractivity contribution in [2.45, 2.75) is 33.2 Å². The van der Waals surface area contributed by atoms with Crippen LogP contribution < -0.4 is 5.32 Å². The average Bonchev–Trinajstić information content (AvgIpc) is 2.26. The van der Waals surface area contributed by atoms with Crippen LogP contribution in [0.15, 0.2) is 24.3 Å². The van der Waals surface area contributed by atoms with Crippen molar-refractivity contribution in [3.8, 4) is 0 Å². The molecular formula is C13H19NO2. The highest BCUT2D eigenvalue weighted by Crippen LogP contribution is 2.11. The maximum atomic E-state index is 11.5. The molecule has 0 saturated heterocycles. The van der Waals surface area contributed by atoms with Crippen LogP contribution in [0.2, 0.25) is 0 Å². The lowest BCUT2D eigenvalue weighted by Crippen LogP contribution is -2.10. The van der Waals surface area contributed by atoms with Gasteiger partial charge in [-0.05, 0) is 44.5 Å². The van der Waals surface area contributed by atoms with Crippen molar-refractivity contribution in [1.82, 2.24) is 0 Å². The number of hydrogen-bond donors (Lipinski definition) is 1. The standard InChI is InChI=1S/C13H19NO2/c1-4-9-16-13(15)11-5-7-12(8-6-11)14-10(2)3/h5-8,10,14H,4,9H2,1-3H3. The summed E-state index contributed by atoms with van der Waals surface area (Å²) >= 11 is 0. The maximum Gasteiger partial charge on any atom is 0.338 e. The number of esters is 1. The summed E-state index contributed by atoms with van der Waals surface area (Å²) in [5.74, 6) is -0.252. The molecule has 0 fully saturated rings. The first-order chi connectivity index (χ1) is 7.63. The van der Waals surface area contributed by atoms with Gasteiger partial charge in [-0.1, -0.05) is 6.92 Å². The van der Waals surface area contributed by atoms with Crippen LogP contribution in [0.4, 0.5) is 5.69 Å². The van der Waals surface area contributed by atoms with Gasteiger partial charge in [-0.25, -0.2) is 4.79 Å². The second kappa shape index (κ2) is 6.16. The second-order valence-electron chi connectivity index (χ2n) is 4.01. The minimum atomic E-state index is -0.252. The zero-order chi connectivity index (χ0) is 12.0. The molecule has 1 aromatic rings. The van der Waals surface area contributed by atoms with Gasteiger partial charge in [-0.2, -0.15) is 0 Å². The summed E-state index contributed by atoms with van der Waals surface area (Å²) < 4.78 is 5.04. The Morgan fingerprint density at radius 2 is 1.94 bits per heavy atom. The van der Waals surface area contributed by atoms with Gasteiger partial charge in [0.05, 0.1) is 12.2 Å². The van der Waals surface area contributed by atoms with Gasteiger partial charge in [0, 0.05) is 11.7 Å². The summed E-state index contributed by atoms with van der Waals surface area (Å²) in [4.78, 5) is 11.5. The van der Waals surface area contributed by atoms with Crippen LogP contribution in [0.3, 0.4) is 0 Å². The lowest BCUT2D eigenvalue weighted by Gasteiger charge is -2.10. The minimum Gasteiger partial charge on any atom is -0.462 e. The molecule has 0 bridgehead atoms. The van der Waals surface area contributed by atoms with E-state index in [2.05, 4.69) is 19.2 Å². The predicted molar refractivity (Wildman–Crippen MR) is 65.8 cm³/mol. The van der Waals surface area contributed by atoms with Crippen LogP contribution in [-0.4, -0.2) is 18.6 Å². The topological polar surface area (TPSA) is 38.3 Å². The van der Waals surface area contributed by atoms with E-state index in [0.29, 0.717) is 18.2 Å². The Labute approximate surface area is 96.8 Å². The summed E-state index contributed by atoms with van der Waals surface area (Å²) in [5, 5.41) is 3.26. The van der Waals surface area contributed by atoms with Crippen molar-refractivity contribution < 1.29 is 9.53 Å². The van der Waals surface area contributed by atoms with Crippen molar-refractivity contribution in [2.24, 2.45) is 0 Å². The fourth-order valence-corrected chi connectivity index (χ4v) is 1.31. The van der Waals surface area contributed by atoms with Crippen molar-refractivity contribution in [2.75, 3.05) is 11.9 Å².